The molecule has 4 heteroatoms. The SMILES string of the molecule is C=CCNc1nccn1CCCN(C)Cc1ccccc1. The summed E-state index contributed by atoms with van der Waals surface area (Å²) in [5.41, 5.74) is 1.36. The fraction of sp³-hybridized carbons (Fsp3) is 0.353. The van der Waals surface area contributed by atoms with Crippen LogP contribution < -0.4 is 5.32 Å². The molecule has 0 amide bonds. The van der Waals surface area contributed by atoms with Gasteiger partial charge in [0.1, 0.15) is 0 Å². The van der Waals surface area contributed by atoms with Crippen molar-refractivity contribution in [3.63, 3.8) is 0 Å². The Bertz CT molecular complexity index is 533. The van der Waals surface area contributed by atoms with Crippen molar-refractivity contribution in [1.29, 1.82) is 0 Å². The van der Waals surface area contributed by atoms with E-state index in [1.807, 2.05) is 18.5 Å². The molecule has 0 spiro atoms. The highest BCUT2D eigenvalue weighted by molar-refractivity contribution is 5.26. The molecule has 1 N–H and O–H groups in total. The molecule has 0 saturated carbocycles. The second kappa shape index (κ2) is 8.27. The van der Waals surface area contributed by atoms with Crippen LogP contribution in [0.25, 0.3) is 0 Å². The molecule has 0 bridgehead atoms. The van der Waals surface area contributed by atoms with Crippen LogP contribution in [0, 0.1) is 0 Å². The average molecular weight is 284 g/mol. The summed E-state index contributed by atoms with van der Waals surface area (Å²) in [4.78, 5) is 6.66. The van der Waals surface area contributed by atoms with E-state index in [1.54, 1.807) is 0 Å². The molecule has 0 fully saturated rings. The highest BCUT2D eigenvalue weighted by Gasteiger charge is 2.03. The Morgan fingerprint density at radius 2 is 2.14 bits per heavy atom. The number of hydrogen-bond donors (Lipinski definition) is 1. The van der Waals surface area contributed by atoms with Crippen molar-refractivity contribution in [3.8, 4) is 0 Å². The highest BCUT2D eigenvalue weighted by atomic mass is 15.2. The molecule has 0 radical (unpaired) electrons. The maximum absolute atomic E-state index is 4.31. The van der Waals surface area contributed by atoms with Gasteiger partial charge in [0, 0.05) is 32.0 Å². The van der Waals surface area contributed by atoms with Gasteiger partial charge in [-0.3, -0.25) is 0 Å². The molecule has 112 valence electrons. The molecule has 0 unspecified atom stereocenters. The summed E-state index contributed by atoms with van der Waals surface area (Å²) in [5.74, 6) is 0.917. The van der Waals surface area contributed by atoms with Gasteiger partial charge in [-0.1, -0.05) is 36.4 Å². The lowest BCUT2D eigenvalue weighted by molar-refractivity contribution is 0.314. The van der Waals surface area contributed by atoms with Crippen LogP contribution in [0.2, 0.25) is 0 Å². The van der Waals surface area contributed by atoms with Crippen LogP contribution in [0.15, 0.2) is 55.4 Å². The van der Waals surface area contributed by atoms with Crippen molar-refractivity contribution in [1.82, 2.24) is 14.5 Å². The number of aryl methyl sites for hydroxylation is 1. The van der Waals surface area contributed by atoms with Crippen LogP contribution in [0.5, 0.6) is 0 Å². The monoisotopic (exact) mass is 284 g/mol. The molecule has 2 rings (SSSR count). The van der Waals surface area contributed by atoms with E-state index in [2.05, 4.69) is 63.7 Å². The standard InChI is InChI=1S/C17H24N4/c1-3-10-18-17-19-11-14-21(17)13-7-12-20(2)15-16-8-5-4-6-9-16/h3-6,8-9,11,14H,1,7,10,12-13,15H2,2H3,(H,18,19). The fourth-order valence-electron chi connectivity index (χ4n) is 2.31. The second-order valence-corrected chi connectivity index (χ2v) is 5.19. The van der Waals surface area contributed by atoms with Gasteiger partial charge in [0.25, 0.3) is 0 Å². The van der Waals surface area contributed by atoms with Gasteiger partial charge >= 0.3 is 0 Å². The summed E-state index contributed by atoms with van der Waals surface area (Å²) in [5, 5.41) is 3.24. The molecular weight excluding hydrogens is 260 g/mol. The lowest BCUT2D eigenvalue weighted by Gasteiger charge is -2.17. The Morgan fingerprint density at radius 1 is 1.33 bits per heavy atom. The van der Waals surface area contributed by atoms with Gasteiger partial charge in [0.15, 0.2) is 0 Å². The number of nitrogens with one attached hydrogen (secondary N) is 1. The Balaban J connectivity index is 1.74. The molecule has 0 aliphatic carbocycles. The summed E-state index contributed by atoms with van der Waals surface area (Å²) in [6.45, 7) is 7.48. The van der Waals surface area contributed by atoms with E-state index in [0.29, 0.717) is 0 Å². The van der Waals surface area contributed by atoms with Crippen molar-refractivity contribution in [3.05, 3.63) is 60.9 Å². The van der Waals surface area contributed by atoms with Gasteiger partial charge in [0.2, 0.25) is 5.95 Å². The van der Waals surface area contributed by atoms with E-state index in [-0.39, 0.29) is 0 Å². The summed E-state index contributed by atoms with van der Waals surface area (Å²) >= 11 is 0. The van der Waals surface area contributed by atoms with Crippen LogP contribution >= 0.6 is 0 Å². The molecule has 21 heavy (non-hydrogen) atoms. The van der Waals surface area contributed by atoms with E-state index in [9.17, 15) is 0 Å². The Hall–Kier alpha value is -2.07. The zero-order valence-electron chi connectivity index (χ0n) is 12.7. The molecule has 0 aliphatic heterocycles. The van der Waals surface area contributed by atoms with Gasteiger partial charge in [-0.15, -0.1) is 6.58 Å². The van der Waals surface area contributed by atoms with Crippen molar-refractivity contribution < 1.29 is 0 Å². The van der Waals surface area contributed by atoms with Crippen LogP contribution in [-0.2, 0) is 13.1 Å². The van der Waals surface area contributed by atoms with E-state index in [1.165, 1.54) is 5.56 Å². The lowest BCUT2D eigenvalue weighted by atomic mass is 10.2. The third-order valence-electron chi connectivity index (χ3n) is 3.35. The van der Waals surface area contributed by atoms with Crippen LogP contribution in [-0.4, -0.2) is 34.6 Å². The highest BCUT2D eigenvalue weighted by Crippen LogP contribution is 2.07. The normalized spacial score (nSPS) is 10.8. The third kappa shape index (κ3) is 5.08. The molecule has 1 aromatic heterocycles. The molecule has 1 aromatic carbocycles. The first-order valence-electron chi connectivity index (χ1n) is 7.38. The summed E-state index contributed by atoms with van der Waals surface area (Å²) in [6, 6.07) is 10.6. The number of hydrogen-bond acceptors (Lipinski definition) is 3. The first-order valence-corrected chi connectivity index (χ1v) is 7.38. The molecule has 0 atom stereocenters. The first kappa shape index (κ1) is 15.3. The van der Waals surface area contributed by atoms with Gasteiger partial charge < -0.3 is 14.8 Å². The predicted molar refractivity (Wildman–Crippen MR) is 88.3 cm³/mol. The largest absolute Gasteiger partial charge is 0.352 e. The first-order chi connectivity index (χ1) is 10.3. The summed E-state index contributed by atoms with van der Waals surface area (Å²) < 4.78 is 2.15. The molecule has 0 aliphatic rings. The molecule has 0 saturated heterocycles. The van der Waals surface area contributed by atoms with E-state index >= 15 is 0 Å². The quantitative estimate of drug-likeness (QED) is 0.719. The number of imidazole rings is 1. The predicted octanol–water partition coefficient (Wildman–Crippen LogP) is 3.00. The maximum atomic E-state index is 4.31. The Morgan fingerprint density at radius 3 is 2.90 bits per heavy atom. The minimum atomic E-state index is 0.741. The van der Waals surface area contributed by atoms with Crippen molar-refractivity contribution in [2.45, 2.75) is 19.5 Å². The summed E-state index contributed by atoms with van der Waals surface area (Å²) in [6.07, 6.45) is 6.79. The number of nitrogens with zero attached hydrogens (tertiary/aromatic N) is 3. The zero-order valence-corrected chi connectivity index (χ0v) is 12.7. The van der Waals surface area contributed by atoms with Crippen LogP contribution in [0.1, 0.15) is 12.0 Å². The zero-order chi connectivity index (χ0) is 14.9. The van der Waals surface area contributed by atoms with Crippen molar-refractivity contribution in [2.24, 2.45) is 0 Å². The minimum absolute atomic E-state index is 0.741. The second-order valence-electron chi connectivity index (χ2n) is 5.19. The number of rotatable bonds is 9. The van der Waals surface area contributed by atoms with Gasteiger partial charge in [0.05, 0.1) is 0 Å². The van der Waals surface area contributed by atoms with Gasteiger partial charge in [-0.2, -0.15) is 0 Å². The van der Waals surface area contributed by atoms with Crippen molar-refractivity contribution in [2.75, 3.05) is 25.5 Å². The Labute approximate surface area is 127 Å². The van der Waals surface area contributed by atoms with E-state index < -0.39 is 0 Å². The lowest BCUT2D eigenvalue weighted by Crippen LogP contribution is -2.20. The topological polar surface area (TPSA) is 33.1 Å². The van der Waals surface area contributed by atoms with E-state index in [4.69, 9.17) is 0 Å². The number of benzene rings is 1. The molecule has 4 nitrogen and oxygen atoms in total. The van der Waals surface area contributed by atoms with Crippen LogP contribution in [0.3, 0.4) is 0 Å². The van der Waals surface area contributed by atoms with Crippen LogP contribution in [0.4, 0.5) is 5.95 Å². The minimum Gasteiger partial charge on any atom is -0.352 e. The molecule has 2 aromatic rings. The third-order valence-corrected chi connectivity index (χ3v) is 3.35. The van der Waals surface area contributed by atoms with Gasteiger partial charge in [-0.05, 0) is 25.6 Å². The number of anilines is 1. The average Bonchev–Trinajstić information content (AvgIpc) is 2.93. The van der Waals surface area contributed by atoms with E-state index in [0.717, 1.165) is 38.5 Å². The fourth-order valence-corrected chi connectivity index (χ4v) is 2.31. The molecular formula is C17H24N4. The molecule has 1 heterocycles. The summed E-state index contributed by atoms with van der Waals surface area (Å²) in [7, 11) is 2.16. The maximum Gasteiger partial charge on any atom is 0.203 e. The Kier molecular flexibility index (Phi) is 6.03. The smallest absolute Gasteiger partial charge is 0.203 e. The van der Waals surface area contributed by atoms with Crippen molar-refractivity contribution >= 4 is 5.95 Å². The van der Waals surface area contributed by atoms with Gasteiger partial charge in [-0.25, -0.2) is 4.98 Å². The number of aromatic nitrogens is 2.